The van der Waals surface area contributed by atoms with E-state index in [4.69, 9.17) is 11.6 Å². The highest BCUT2D eigenvalue weighted by Crippen LogP contribution is 2.35. The maximum absolute atomic E-state index is 12.5. The first-order chi connectivity index (χ1) is 13.5. The Morgan fingerprint density at radius 1 is 1.17 bits per heavy atom. The quantitative estimate of drug-likeness (QED) is 0.586. The summed E-state index contributed by atoms with van der Waals surface area (Å²) in [6, 6.07) is 7.40. The average Bonchev–Trinajstić information content (AvgIpc) is 3.10. The van der Waals surface area contributed by atoms with Crippen molar-refractivity contribution in [1.29, 1.82) is 0 Å². The van der Waals surface area contributed by atoms with Gasteiger partial charge in [0.2, 0.25) is 0 Å². The minimum Gasteiger partial charge on any atom is -0.363 e. The van der Waals surface area contributed by atoms with Gasteiger partial charge >= 0.3 is 15.5 Å². The zero-order chi connectivity index (χ0) is 21.4. The van der Waals surface area contributed by atoms with Gasteiger partial charge in [0.15, 0.2) is 0 Å². The summed E-state index contributed by atoms with van der Waals surface area (Å²) >= 11 is 7.53. The normalized spacial score (nSPS) is 12.1. The molecule has 0 saturated heterocycles. The first-order valence-electron chi connectivity index (χ1n) is 7.96. The molecule has 0 atom stereocenters. The predicted octanol–water partition coefficient (Wildman–Crippen LogP) is 4.85. The summed E-state index contributed by atoms with van der Waals surface area (Å²) in [5.74, 6) is 0.763. The second-order valence-electron chi connectivity index (χ2n) is 6.08. The standard InChI is InChI=1S/C17H14ClF3N4O2S2/c1-25(2)15-7-10(5-6-22-15)16-23-14(9-28-16)12-4-3-11(8-13(12)18)24-29(26,27)17(19,20)21/h3-9,24H,1-2H3. The maximum Gasteiger partial charge on any atom is 0.516 e. The van der Waals surface area contributed by atoms with Gasteiger partial charge < -0.3 is 4.90 Å². The van der Waals surface area contributed by atoms with Crippen LogP contribution in [-0.2, 0) is 10.0 Å². The Balaban J connectivity index is 1.89. The molecule has 154 valence electrons. The highest BCUT2D eigenvalue weighted by Gasteiger charge is 2.46. The number of anilines is 2. The van der Waals surface area contributed by atoms with Crippen LogP contribution in [0.4, 0.5) is 24.7 Å². The summed E-state index contributed by atoms with van der Waals surface area (Å²) in [4.78, 5) is 10.6. The number of nitrogens with one attached hydrogen (secondary N) is 1. The van der Waals surface area contributed by atoms with Crippen molar-refractivity contribution in [2.45, 2.75) is 5.51 Å². The molecule has 6 nitrogen and oxygen atoms in total. The number of hydrogen-bond acceptors (Lipinski definition) is 6. The van der Waals surface area contributed by atoms with Crippen LogP contribution in [0.25, 0.3) is 21.8 Å². The van der Waals surface area contributed by atoms with Crippen LogP contribution in [0, 0.1) is 0 Å². The van der Waals surface area contributed by atoms with Crippen molar-refractivity contribution >= 4 is 44.5 Å². The van der Waals surface area contributed by atoms with Gasteiger partial charge in [-0.3, -0.25) is 4.72 Å². The third-order valence-electron chi connectivity index (χ3n) is 3.76. The van der Waals surface area contributed by atoms with Crippen LogP contribution in [-0.4, -0.2) is 38.0 Å². The molecule has 2 heterocycles. The molecule has 0 spiro atoms. The zero-order valence-electron chi connectivity index (χ0n) is 15.0. The van der Waals surface area contributed by atoms with Gasteiger partial charge in [0.1, 0.15) is 10.8 Å². The van der Waals surface area contributed by atoms with Gasteiger partial charge in [-0.05, 0) is 30.3 Å². The van der Waals surface area contributed by atoms with Crippen molar-refractivity contribution in [3.63, 3.8) is 0 Å². The van der Waals surface area contributed by atoms with E-state index in [9.17, 15) is 21.6 Å². The number of sulfonamides is 1. The molecule has 29 heavy (non-hydrogen) atoms. The second-order valence-corrected chi connectivity index (χ2v) is 9.02. The Hall–Kier alpha value is -2.37. The van der Waals surface area contributed by atoms with E-state index in [1.54, 1.807) is 11.6 Å². The van der Waals surface area contributed by atoms with Crippen LogP contribution in [0.15, 0.2) is 41.9 Å². The lowest BCUT2D eigenvalue weighted by Gasteiger charge is -2.11. The van der Waals surface area contributed by atoms with E-state index < -0.39 is 15.5 Å². The molecule has 0 fully saturated rings. The molecule has 1 aromatic carbocycles. The summed E-state index contributed by atoms with van der Waals surface area (Å²) in [6.07, 6.45) is 1.67. The van der Waals surface area contributed by atoms with Crippen LogP contribution in [0.2, 0.25) is 5.02 Å². The van der Waals surface area contributed by atoms with Gasteiger partial charge in [0.05, 0.1) is 16.4 Å². The molecule has 2 aromatic heterocycles. The number of halogens is 4. The van der Waals surface area contributed by atoms with E-state index in [1.807, 2.05) is 31.1 Å². The Kier molecular flexibility index (Phi) is 5.74. The lowest BCUT2D eigenvalue weighted by molar-refractivity contribution is -0.0429. The molecule has 0 aliphatic rings. The van der Waals surface area contributed by atoms with Crippen LogP contribution in [0.5, 0.6) is 0 Å². The molecule has 3 aromatic rings. The predicted molar refractivity (Wildman–Crippen MR) is 109 cm³/mol. The van der Waals surface area contributed by atoms with Crippen molar-refractivity contribution in [1.82, 2.24) is 9.97 Å². The minimum atomic E-state index is -5.52. The van der Waals surface area contributed by atoms with Crippen molar-refractivity contribution in [2.75, 3.05) is 23.7 Å². The van der Waals surface area contributed by atoms with Crippen LogP contribution < -0.4 is 9.62 Å². The van der Waals surface area contributed by atoms with Crippen LogP contribution in [0.3, 0.4) is 0 Å². The number of nitrogens with zero attached hydrogens (tertiary/aromatic N) is 3. The minimum absolute atomic E-state index is 0.0629. The molecule has 1 N–H and O–H groups in total. The van der Waals surface area contributed by atoms with Gasteiger partial charge in [-0.15, -0.1) is 11.3 Å². The summed E-state index contributed by atoms with van der Waals surface area (Å²) in [5, 5.41) is 2.53. The SMILES string of the molecule is CN(C)c1cc(-c2nc(-c3ccc(NS(=O)(=O)C(F)(F)F)cc3Cl)cs2)ccn1. The first-order valence-corrected chi connectivity index (χ1v) is 10.7. The topological polar surface area (TPSA) is 75.2 Å². The van der Waals surface area contributed by atoms with Crippen molar-refractivity contribution in [3.8, 4) is 21.8 Å². The van der Waals surface area contributed by atoms with Gasteiger partial charge in [-0.2, -0.15) is 21.6 Å². The molecule has 0 radical (unpaired) electrons. The molecule has 0 saturated carbocycles. The summed E-state index contributed by atoms with van der Waals surface area (Å²) in [5.41, 5.74) is -3.88. The second kappa shape index (κ2) is 7.81. The molecule has 0 aliphatic heterocycles. The number of aromatic nitrogens is 2. The number of thiazole rings is 1. The van der Waals surface area contributed by atoms with Crippen LogP contribution in [0.1, 0.15) is 0 Å². The average molecular weight is 463 g/mol. The number of hydrogen-bond donors (Lipinski definition) is 1. The fourth-order valence-electron chi connectivity index (χ4n) is 2.33. The fraction of sp³-hybridized carbons (Fsp3) is 0.176. The Morgan fingerprint density at radius 3 is 2.52 bits per heavy atom. The molecule has 0 unspecified atom stereocenters. The zero-order valence-corrected chi connectivity index (χ0v) is 17.4. The largest absolute Gasteiger partial charge is 0.516 e. The fourth-order valence-corrected chi connectivity index (χ4v) is 3.97. The lowest BCUT2D eigenvalue weighted by Crippen LogP contribution is -2.29. The Morgan fingerprint density at radius 2 is 1.90 bits per heavy atom. The smallest absolute Gasteiger partial charge is 0.363 e. The van der Waals surface area contributed by atoms with Gasteiger partial charge in [0, 0.05) is 36.8 Å². The van der Waals surface area contributed by atoms with E-state index in [0.29, 0.717) is 16.3 Å². The van der Waals surface area contributed by atoms with Crippen LogP contribution >= 0.6 is 22.9 Å². The molecule has 0 aliphatic carbocycles. The molecule has 0 bridgehead atoms. The first kappa shape index (κ1) is 21.3. The number of pyridine rings is 1. The maximum atomic E-state index is 12.5. The van der Waals surface area contributed by atoms with Crippen molar-refractivity contribution in [2.24, 2.45) is 0 Å². The van der Waals surface area contributed by atoms with Gasteiger partial charge in [-0.25, -0.2) is 9.97 Å². The molecule has 12 heteroatoms. The summed E-state index contributed by atoms with van der Waals surface area (Å²) < 4.78 is 61.4. The summed E-state index contributed by atoms with van der Waals surface area (Å²) in [6.45, 7) is 0. The van der Waals surface area contributed by atoms with Gasteiger partial charge in [-0.1, -0.05) is 11.6 Å². The van der Waals surface area contributed by atoms with E-state index >= 15 is 0 Å². The third-order valence-corrected chi connectivity index (χ3v) is 6.07. The summed E-state index contributed by atoms with van der Waals surface area (Å²) in [7, 11) is -1.78. The molecule has 3 rings (SSSR count). The molecular formula is C17H14ClF3N4O2S2. The highest BCUT2D eigenvalue weighted by molar-refractivity contribution is 7.93. The van der Waals surface area contributed by atoms with Gasteiger partial charge in [0.25, 0.3) is 0 Å². The van der Waals surface area contributed by atoms with E-state index in [-0.39, 0.29) is 10.7 Å². The van der Waals surface area contributed by atoms with E-state index in [0.717, 1.165) is 17.4 Å². The molecular weight excluding hydrogens is 449 g/mol. The lowest BCUT2D eigenvalue weighted by atomic mass is 10.1. The van der Waals surface area contributed by atoms with E-state index in [2.05, 4.69) is 9.97 Å². The number of alkyl halides is 3. The highest BCUT2D eigenvalue weighted by atomic mass is 35.5. The Labute approximate surface area is 174 Å². The molecule has 0 amide bonds. The van der Waals surface area contributed by atoms with Crippen molar-refractivity contribution in [3.05, 3.63) is 46.9 Å². The monoisotopic (exact) mass is 462 g/mol. The van der Waals surface area contributed by atoms with Crippen molar-refractivity contribution < 1.29 is 21.6 Å². The number of rotatable bonds is 5. The Bertz CT molecular complexity index is 1150. The number of benzene rings is 1. The third kappa shape index (κ3) is 4.62. The van der Waals surface area contributed by atoms with E-state index in [1.165, 1.54) is 28.2 Å².